The van der Waals surface area contributed by atoms with E-state index < -0.39 is 22.8 Å². The van der Waals surface area contributed by atoms with Crippen molar-refractivity contribution in [2.75, 3.05) is 11.5 Å². The third-order valence-corrected chi connectivity index (χ3v) is 7.29. The summed E-state index contributed by atoms with van der Waals surface area (Å²) in [6, 6.07) is 13.9. The Balaban J connectivity index is 1.53. The van der Waals surface area contributed by atoms with Gasteiger partial charge in [0.05, 0.1) is 0 Å². The molecule has 33 heavy (non-hydrogen) atoms. The molecule has 4 rings (SSSR count). The number of rotatable bonds is 6. The van der Waals surface area contributed by atoms with E-state index in [1.807, 2.05) is 24.3 Å². The molecule has 0 spiro atoms. The SMILES string of the molecule is Nc1ccccc1C1(C(=O)O)C=CC(SC2C=CC(C(=O)O)(c3ccccc3N)C=C2)C=C1. The van der Waals surface area contributed by atoms with Crippen LogP contribution in [0.3, 0.4) is 0 Å². The molecule has 6 nitrogen and oxygen atoms in total. The smallest absolute Gasteiger partial charge is 0.322 e. The van der Waals surface area contributed by atoms with Crippen molar-refractivity contribution in [1.29, 1.82) is 0 Å². The quantitative estimate of drug-likeness (QED) is 0.380. The molecule has 0 saturated carbocycles. The highest BCUT2D eigenvalue weighted by molar-refractivity contribution is 8.01. The lowest BCUT2D eigenvalue weighted by Crippen LogP contribution is -2.35. The Hall–Kier alpha value is -3.71. The minimum atomic E-state index is -1.32. The number of anilines is 2. The number of para-hydroxylation sites is 2. The molecule has 168 valence electrons. The van der Waals surface area contributed by atoms with Gasteiger partial charge in [0.25, 0.3) is 0 Å². The molecular formula is C26H24N2O4S. The topological polar surface area (TPSA) is 127 Å². The van der Waals surface area contributed by atoms with Crippen LogP contribution in [0.25, 0.3) is 0 Å². The van der Waals surface area contributed by atoms with Gasteiger partial charge in [0.2, 0.25) is 0 Å². The van der Waals surface area contributed by atoms with Crippen LogP contribution in [0.4, 0.5) is 11.4 Å². The molecule has 0 atom stereocenters. The van der Waals surface area contributed by atoms with Crippen LogP contribution in [-0.2, 0) is 20.4 Å². The summed E-state index contributed by atoms with van der Waals surface area (Å²) in [5.74, 6) is -2.00. The van der Waals surface area contributed by atoms with Gasteiger partial charge in [0, 0.05) is 21.9 Å². The van der Waals surface area contributed by atoms with Crippen molar-refractivity contribution in [3.05, 3.63) is 108 Å². The Labute approximate surface area is 196 Å². The van der Waals surface area contributed by atoms with Gasteiger partial charge in [-0.3, -0.25) is 9.59 Å². The zero-order chi connectivity index (χ0) is 23.6. The molecule has 7 heteroatoms. The number of benzene rings is 2. The van der Waals surface area contributed by atoms with Crippen molar-refractivity contribution in [3.63, 3.8) is 0 Å². The summed E-state index contributed by atoms with van der Waals surface area (Å²) in [7, 11) is 0. The lowest BCUT2D eigenvalue weighted by molar-refractivity contribution is -0.141. The summed E-state index contributed by atoms with van der Waals surface area (Å²) in [5, 5.41) is 19.8. The molecular weight excluding hydrogens is 436 g/mol. The molecule has 6 N–H and O–H groups in total. The number of nitrogen functional groups attached to an aromatic ring is 2. The fraction of sp³-hybridized carbons (Fsp3) is 0.154. The molecule has 0 saturated heterocycles. The van der Waals surface area contributed by atoms with E-state index in [0.717, 1.165) is 0 Å². The highest BCUT2D eigenvalue weighted by Gasteiger charge is 2.40. The number of aliphatic carboxylic acids is 2. The summed E-state index contributed by atoms with van der Waals surface area (Å²) in [6.07, 6.45) is 14.1. The van der Waals surface area contributed by atoms with Crippen molar-refractivity contribution in [2.24, 2.45) is 0 Å². The van der Waals surface area contributed by atoms with E-state index in [1.54, 1.807) is 84.6 Å². The van der Waals surface area contributed by atoms with Gasteiger partial charge in [-0.05, 0) is 23.3 Å². The standard InChI is InChI=1S/C26H24N2O4S/c27-21-7-3-1-5-19(21)25(23(29)30)13-9-17(10-14-25)33-18-11-15-26(16-12-18,24(31)32)20-6-2-4-8-22(20)28/h1-18H,27-28H2,(H,29,30)(H,31,32). The molecule has 0 radical (unpaired) electrons. The third-order valence-electron chi connectivity index (χ3n) is 6.03. The maximum absolute atomic E-state index is 12.2. The second kappa shape index (κ2) is 8.67. The monoisotopic (exact) mass is 460 g/mol. The van der Waals surface area contributed by atoms with Crippen molar-refractivity contribution in [2.45, 2.75) is 21.3 Å². The predicted molar refractivity (Wildman–Crippen MR) is 132 cm³/mol. The van der Waals surface area contributed by atoms with Crippen LogP contribution >= 0.6 is 11.8 Å². The van der Waals surface area contributed by atoms with Gasteiger partial charge in [-0.25, -0.2) is 0 Å². The van der Waals surface area contributed by atoms with Gasteiger partial charge in [0.1, 0.15) is 10.8 Å². The summed E-state index contributed by atoms with van der Waals surface area (Å²) >= 11 is 1.57. The number of thioether (sulfide) groups is 1. The van der Waals surface area contributed by atoms with Crippen LogP contribution in [0.1, 0.15) is 11.1 Å². The predicted octanol–water partition coefficient (Wildman–Crippen LogP) is 3.92. The van der Waals surface area contributed by atoms with Crippen LogP contribution in [0.15, 0.2) is 97.1 Å². The molecule has 0 heterocycles. The Bertz CT molecular complexity index is 1090. The molecule has 2 aliphatic rings. The Morgan fingerprint density at radius 1 is 0.667 bits per heavy atom. The molecule has 0 unspecified atom stereocenters. The van der Waals surface area contributed by atoms with Crippen molar-refractivity contribution >= 4 is 35.1 Å². The van der Waals surface area contributed by atoms with Crippen LogP contribution in [0.5, 0.6) is 0 Å². The second-order valence-corrected chi connectivity index (χ2v) is 9.39. The highest BCUT2D eigenvalue weighted by Crippen LogP contribution is 2.40. The summed E-state index contributed by atoms with van der Waals surface area (Å²) < 4.78 is 0. The van der Waals surface area contributed by atoms with E-state index in [9.17, 15) is 19.8 Å². The average Bonchev–Trinajstić information content (AvgIpc) is 2.81. The maximum Gasteiger partial charge on any atom is 0.322 e. The molecule has 2 aromatic carbocycles. The first kappa shape index (κ1) is 22.5. The summed E-state index contributed by atoms with van der Waals surface area (Å²) in [5.41, 5.74) is 11.4. The molecule has 2 aliphatic carbocycles. The first-order valence-electron chi connectivity index (χ1n) is 10.4. The van der Waals surface area contributed by atoms with Gasteiger partial charge >= 0.3 is 11.9 Å². The summed E-state index contributed by atoms with van der Waals surface area (Å²) in [6.45, 7) is 0. The van der Waals surface area contributed by atoms with E-state index in [0.29, 0.717) is 22.5 Å². The van der Waals surface area contributed by atoms with E-state index in [1.165, 1.54) is 0 Å². The number of hydrogen-bond acceptors (Lipinski definition) is 5. The van der Waals surface area contributed by atoms with Gasteiger partial charge < -0.3 is 21.7 Å². The molecule has 2 aromatic rings. The number of nitrogens with two attached hydrogens (primary N) is 2. The molecule has 0 fully saturated rings. The minimum Gasteiger partial charge on any atom is -0.480 e. The fourth-order valence-electron chi connectivity index (χ4n) is 4.21. The Kier molecular flexibility index (Phi) is 5.91. The maximum atomic E-state index is 12.2. The van der Waals surface area contributed by atoms with Crippen LogP contribution in [0, 0.1) is 0 Å². The normalized spacial score (nSPS) is 28.0. The van der Waals surface area contributed by atoms with E-state index in [2.05, 4.69) is 0 Å². The number of carboxylic acids is 2. The second-order valence-electron chi connectivity index (χ2n) is 8.02. The minimum absolute atomic E-state index is 0.0826. The molecule has 0 bridgehead atoms. The van der Waals surface area contributed by atoms with Crippen LogP contribution in [-0.4, -0.2) is 32.7 Å². The lowest BCUT2D eigenvalue weighted by atomic mass is 9.76. The number of carboxylic acid groups (broad SMARTS) is 2. The van der Waals surface area contributed by atoms with E-state index >= 15 is 0 Å². The van der Waals surface area contributed by atoms with Gasteiger partial charge in [0.15, 0.2) is 0 Å². The van der Waals surface area contributed by atoms with Gasteiger partial charge in [-0.15, -0.1) is 11.8 Å². The average molecular weight is 461 g/mol. The zero-order valence-corrected chi connectivity index (χ0v) is 18.5. The van der Waals surface area contributed by atoms with Crippen LogP contribution < -0.4 is 11.5 Å². The Morgan fingerprint density at radius 2 is 1.00 bits per heavy atom. The highest BCUT2D eigenvalue weighted by atomic mass is 32.2. The third kappa shape index (κ3) is 3.96. The number of carbonyl (C=O) groups is 2. The largest absolute Gasteiger partial charge is 0.480 e. The molecule has 0 aromatic heterocycles. The van der Waals surface area contributed by atoms with Gasteiger partial charge in [-0.2, -0.15) is 0 Å². The Morgan fingerprint density at radius 3 is 1.30 bits per heavy atom. The van der Waals surface area contributed by atoms with E-state index in [-0.39, 0.29) is 10.5 Å². The van der Waals surface area contributed by atoms with Crippen molar-refractivity contribution < 1.29 is 19.8 Å². The molecule has 0 amide bonds. The first-order chi connectivity index (χ1) is 15.8. The fourth-order valence-corrected chi connectivity index (χ4v) is 5.25. The number of hydrogen-bond donors (Lipinski definition) is 4. The lowest BCUT2D eigenvalue weighted by Gasteiger charge is -2.30. The summed E-state index contributed by atoms with van der Waals surface area (Å²) in [4.78, 5) is 24.3. The van der Waals surface area contributed by atoms with E-state index in [4.69, 9.17) is 11.5 Å². The van der Waals surface area contributed by atoms with Crippen molar-refractivity contribution in [1.82, 2.24) is 0 Å². The first-order valence-corrected chi connectivity index (χ1v) is 11.3. The van der Waals surface area contributed by atoms with Gasteiger partial charge in [-0.1, -0.05) is 85.0 Å². The zero-order valence-electron chi connectivity index (χ0n) is 17.7. The van der Waals surface area contributed by atoms with Crippen LogP contribution in [0.2, 0.25) is 0 Å². The molecule has 0 aliphatic heterocycles. The van der Waals surface area contributed by atoms with Crippen molar-refractivity contribution in [3.8, 4) is 0 Å².